The fourth-order valence-electron chi connectivity index (χ4n) is 2.44. The van der Waals surface area contributed by atoms with Gasteiger partial charge in [-0.3, -0.25) is 0 Å². The minimum atomic E-state index is -0.894. The predicted octanol–water partition coefficient (Wildman–Crippen LogP) is 4.83. The Hall–Kier alpha value is -2.20. The van der Waals surface area contributed by atoms with E-state index in [2.05, 4.69) is 13.8 Å². The lowest BCUT2D eigenvalue weighted by Gasteiger charge is -2.15. The first-order chi connectivity index (χ1) is 12.2. The maximum absolute atomic E-state index is 10.5. The summed E-state index contributed by atoms with van der Waals surface area (Å²) in [6.45, 7) is 5.53. The van der Waals surface area contributed by atoms with Crippen LogP contribution in [-0.2, 0) is 0 Å². The molecule has 0 amide bonds. The van der Waals surface area contributed by atoms with Gasteiger partial charge in [0.15, 0.2) is 0 Å². The molecule has 2 rings (SSSR count). The molecule has 25 heavy (non-hydrogen) atoms. The molecule has 136 valence electrons. The van der Waals surface area contributed by atoms with Crippen molar-refractivity contribution in [1.29, 1.82) is 0 Å². The molecule has 2 aromatic rings. The van der Waals surface area contributed by atoms with E-state index in [1.54, 1.807) is 18.2 Å². The van der Waals surface area contributed by atoms with E-state index in [-0.39, 0.29) is 5.75 Å². The first kappa shape index (κ1) is 19.1. The number of benzene rings is 2. The normalized spacial score (nSPS) is 12.0. The van der Waals surface area contributed by atoms with Gasteiger partial charge in [0.25, 0.3) is 0 Å². The summed E-state index contributed by atoms with van der Waals surface area (Å²) in [5, 5.41) is 20.8. The molecule has 0 aliphatic carbocycles. The summed E-state index contributed by atoms with van der Waals surface area (Å²) in [5.74, 6) is 1.43. The summed E-state index contributed by atoms with van der Waals surface area (Å²) in [6.07, 6.45) is 3.24. The number of ether oxygens (including phenoxy) is 2. The Morgan fingerprint density at radius 2 is 1.40 bits per heavy atom. The second kappa shape index (κ2) is 9.94. The molecule has 4 nitrogen and oxygen atoms in total. The monoisotopic (exact) mass is 344 g/mol. The third kappa shape index (κ3) is 5.68. The van der Waals surface area contributed by atoms with Gasteiger partial charge in [-0.1, -0.05) is 38.8 Å². The Labute approximate surface area is 150 Å². The van der Waals surface area contributed by atoms with Crippen LogP contribution in [0.5, 0.6) is 17.2 Å². The molecule has 0 spiro atoms. The lowest BCUT2D eigenvalue weighted by Crippen LogP contribution is -2.02. The Balaban J connectivity index is 2.02. The molecule has 0 heterocycles. The van der Waals surface area contributed by atoms with E-state index in [1.807, 2.05) is 24.3 Å². The molecule has 0 saturated heterocycles. The zero-order chi connectivity index (χ0) is 18.1. The number of phenols is 1. The molecule has 0 aliphatic rings. The average Bonchev–Trinajstić information content (AvgIpc) is 2.62. The molecular formula is C21H28O4. The van der Waals surface area contributed by atoms with E-state index in [9.17, 15) is 10.2 Å². The largest absolute Gasteiger partial charge is 0.507 e. The number of aliphatic hydroxyl groups excluding tert-OH is 1. The van der Waals surface area contributed by atoms with E-state index in [4.69, 9.17) is 9.47 Å². The van der Waals surface area contributed by atoms with Gasteiger partial charge in [0.1, 0.15) is 23.4 Å². The van der Waals surface area contributed by atoms with Crippen molar-refractivity contribution in [3.05, 3.63) is 53.6 Å². The van der Waals surface area contributed by atoms with Crippen LogP contribution in [0, 0.1) is 0 Å². The van der Waals surface area contributed by atoms with Crippen molar-refractivity contribution in [1.82, 2.24) is 0 Å². The van der Waals surface area contributed by atoms with Gasteiger partial charge < -0.3 is 19.7 Å². The fraction of sp³-hybridized carbons (Fsp3) is 0.429. The molecule has 0 fully saturated rings. The van der Waals surface area contributed by atoms with Crippen molar-refractivity contribution in [3.8, 4) is 17.2 Å². The van der Waals surface area contributed by atoms with E-state index >= 15 is 0 Å². The zero-order valence-corrected chi connectivity index (χ0v) is 15.1. The third-order valence-corrected chi connectivity index (χ3v) is 4.03. The van der Waals surface area contributed by atoms with Crippen molar-refractivity contribution >= 4 is 0 Å². The summed E-state index contributed by atoms with van der Waals surface area (Å²) in [5.41, 5.74) is 1.17. The molecule has 0 aromatic heterocycles. The van der Waals surface area contributed by atoms with Gasteiger partial charge in [-0.25, -0.2) is 0 Å². The maximum atomic E-state index is 10.5. The quantitative estimate of drug-likeness (QED) is 0.606. The first-order valence-corrected chi connectivity index (χ1v) is 9.02. The van der Waals surface area contributed by atoms with Crippen LogP contribution in [0.15, 0.2) is 42.5 Å². The third-order valence-electron chi connectivity index (χ3n) is 4.03. The zero-order valence-electron chi connectivity index (χ0n) is 15.1. The van der Waals surface area contributed by atoms with Crippen molar-refractivity contribution in [2.75, 3.05) is 13.2 Å². The summed E-state index contributed by atoms with van der Waals surface area (Å²) in [7, 11) is 0. The number of aromatic hydroxyl groups is 1. The molecule has 0 aliphatic heterocycles. The van der Waals surface area contributed by atoms with Gasteiger partial charge in [0.2, 0.25) is 0 Å². The maximum Gasteiger partial charge on any atom is 0.125 e. The average molecular weight is 344 g/mol. The second-order valence-electron chi connectivity index (χ2n) is 6.10. The van der Waals surface area contributed by atoms with Gasteiger partial charge in [0, 0.05) is 11.6 Å². The summed E-state index contributed by atoms with van der Waals surface area (Å²) in [6, 6.07) is 12.3. The Morgan fingerprint density at radius 1 is 0.840 bits per heavy atom. The Bertz CT molecular complexity index is 637. The van der Waals surface area contributed by atoms with E-state index in [1.165, 1.54) is 0 Å². The standard InChI is InChI=1S/C21H28O4/c1-3-5-13-24-17-9-7-16(8-10-17)21(23)19-12-11-18(15-20(19)22)25-14-6-4-2/h7-12,15,21-23H,3-6,13-14H2,1-2H3. The van der Waals surface area contributed by atoms with Gasteiger partial charge in [-0.15, -0.1) is 0 Å². The number of hydrogen-bond acceptors (Lipinski definition) is 4. The summed E-state index contributed by atoms with van der Waals surface area (Å²) >= 11 is 0. The molecule has 4 heteroatoms. The number of hydrogen-bond donors (Lipinski definition) is 2. The van der Waals surface area contributed by atoms with Gasteiger partial charge in [0.05, 0.1) is 13.2 Å². The van der Waals surface area contributed by atoms with Crippen molar-refractivity contribution < 1.29 is 19.7 Å². The highest BCUT2D eigenvalue weighted by Gasteiger charge is 2.15. The van der Waals surface area contributed by atoms with Crippen LogP contribution in [0.1, 0.15) is 56.8 Å². The molecule has 1 atom stereocenters. The van der Waals surface area contributed by atoms with Crippen LogP contribution in [0.4, 0.5) is 0 Å². The summed E-state index contributed by atoms with van der Waals surface area (Å²) in [4.78, 5) is 0. The molecule has 0 radical (unpaired) electrons. The second-order valence-corrected chi connectivity index (χ2v) is 6.10. The number of aliphatic hydroxyl groups is 1. The Kier molecular flexibility index (Phi) is 7.61. The van der Waals surface area contributed by atoms with Crippen LogP contribution in [0.25, 0.3) is 0 Å². The molecule has 1 unspecified atom stereocenters. The van der Waals surface area contributed by atoms with E-state index in [0.717, 1.165) is 31.4 Å². The van der Waals surface area contributed by atoms with E-state index in [0.29, 0.717) is 30.1 Å². The Morgan fingerprint density at radius 3 is 1.96 bits per heavy atom. The SMILES string of the molecule is CCCCOc1ccc(C(O)c2ccc(OCCCC)cc2O)cc1. The number of phenolic OH excluding ortho intramolecular Hbond substituents is 1. The molecule has 0 bridgehead atoms. The van der Waals surface area contributed by atoms with Gasteiger partial charge in [-0.05, 0) is 42.7 Å². The van der Waals surface area contributed by atoms with Gasteiger partial charge >= 0.3 is 0 Å². The number of unbranched alkanes of at least 4 members (excludes halogenated alkanes) is 2. The van der Waals surface area contributed by atoms with Crippen LogP contribution < -0.4 is 9.47 Å². The van der Waals surface area contributed by atoms with Crippen molar-refractivity contribution in [2.45, 2.75) is 45.6 Å². The van der Waals surface area contributed by atoms with E-state index < -0.39 is 6.10 Å². The lowest BCUT2D eigenvalue weighted by atomic mass is 10.0. The summed E-state index contributed by atoms with van der Waals surface area (Å²) < 4.78 is 11.2. The molecular weight excluding hydrogens is 316 g/mol. The fourth-order valence-corrected chi connectivity index (χ4v) is 2.44. The topological polar surface area (TPSA) is 58.9 Å². The highest BCUT2D eigenvalue weighted by Crippen LogP contribution is 2.32. The first-order valence-electron chi connectivity index (χ1n) is 9.02. The van der Waals surface area contributed by atoms with Crippen molar-refractivity contribution in [2.24, 2.45) is 0 Å². The minimum Gasteiger partial charge on any atom is -0.507 e. The molecule has 0 saturated carbocycles. The van der Waals surface area contributed by atoms with Crippen LogP contribution >= 0.6 is 0 Å². The smallest absolute Gasteiger partial charge is 0.125 e. The minimum absolute atomic E-state index is 0.0322. The van der Waals surface area contributed by atoms with Crippen molar-refractivity contribution in [3.63, 3.8) is 0 Å². The highest BCUT2D eigenvalue weighted by molar-refractivity contribution is 5.44. The molecule has 2 N–H and O–H groups in total. The van der Waals surface area contributed by atoms with Crippen LogP contribution in [0.3, 0.4) is 0 Å². The molecule has 2 aromatic carbocycles. The predicted molar refractivity (Wildman–Crippen MR) is 99.4 cm³/mol. The van der Waals surface area contributed by atoms with Crippen LogP contribution in [0.2, 0.25) is 0 Å². The highest BCUT2D eigenvalue weighted by atomic mass is 16.5. The lowest BCUT2D eigenvalue weighted by molar-refractivity contribution is 0.215. The van der Waals surface area contributed by atoms with Crippen LogP contribution in [-0.4, -0.2) is 23.4 Å². The number of rotatable bonds is 10. The van der Waals surface area contributed by atoms with Gasteiger partial charge in [-0.2, -0.15) is 0 Å².